The van der Waals surface area contributed by atoms with Crippen LogP contribution in [0.2, 0.25) is 0 Å². The van der Waals surface area contributed by atoms with Crippen LogP contribution in [0.25, 0.3) is 0 Å². The Kier molecular flexibility index (Phi) is 4.48. The van der Waals surface area contributed by atoms with Gasteiger partial charge in [0, 0.05) is 11.4 Å². The number of nitrogen functional groups attached to an aromatic ring is 1. The lowest BCUT2D eigenvalue weighted by Crippen LogP contribution is -2.32. The van der Waals surface area contributed by atoms with E-state index in [0.717, 1.165) is 0 Å². The van der Waals surface area contributed by atoms with Crippen LogP contribution < -0.4 is 16.8 Å². The Hall–Kier alpha value is -2.38. The Morgan fingerprint density at radius 2 is 1.45 bits per heavy atom. The zero-order valence-electron chi connectivity index (χ0n) is 12.0. The van der Waals surface area contributed by atoms with Gasteiger partial charge in [-0.25, -0.2) is 8.42 Å². The molecule has 7 heteroatoms. The first-order chi connectivity index (χ1) is 10.3. The highest BCUT2D eigenvalue weighted by Gasteiger charge is 2.17. The van der Waals surface area contributed by atoms with Crippen LogP contribution in [0.15, 0.2) is 58.3 Å². The number of nitrogens with two attached hydrogens (primary N) is 2. The maximum Gasteiger partial charge on any atom is 0.240 e. The Labute approximate surface area is 129 Å². The molecule has 2 aromatic carbocycles. The van der Waals surface area contributed by atoms with Gasteiger partial charge in [0.15, 0.2) is 0 Å². The molecule has 0 radical (unpaired) electrons. The van der Waals surface area contributed by atoms with E-state index in [-0.39, 0.29) is 15.7 Å². The van der Waals surface area contributed by atoms with Gasteiger partial charge in [-0.05, 0) is 55.5 Å². The van der Waals surface area contributed by atoms with Crippen molar-refractivity contribution >= 4 is 27.1 Å². The zero-order chi connectivity index (χ0) is 16.3. The highest BCUT2D eigenvalue weighted by atomic mass is 32.2. The quantitative estimate of drug-likeness (QED) is 0.737. The summed E-state index contributed by atoms with van der Waals surface area (Å²) in [5.74, 6) is -0.339. The third kappa shape index (κ3) is 3.44. The average molecular weight is 319 g/mol. The number of carbonyl (C=O) groups is 1. The van der Waals surface area contributed by atoms with Crippen LogP contribution in [0.5, 0.6) is 0 Å². The molecule has 0 aliphatic carbocycles. The Balaban J connectivity index is 2.26. The zero-order valence-corrected chi connectivity index (χ0v) is 12.8. The first kappa shape index (κ1) is 16.0. The van der Waals surface area contributed by atoms with E-state index in [1.54, 1.807) is 6.92 Å². The number of hydrogen-bond donors (Lipinski definition) is 3. The molecule has 2 aromatic rings. The van der Waals surface area contributed by atoms with Crippen LogP contribution >= 0.6 is 0 Å². The van der Waals surface area contributed by atoms with Crippen molar-refractivity contribution < 1.29 is 13.2 Å². The summed E-state index contributed by atoms with van der Waals surface area (Å²) in [6, 6.07) is 11.2. The van der Waals surface area contributed by atoms with E-state index in [9.17, 15) is 13.2 Å². The molecule has 0 aromatic heterocycles. The van der Waals surface area contributed by atoms with E-state index < -0.39 is 15.9 Å². The van der Waals surface area contributed by atoms with E-state index in [1.165, 1.54) is 48.5 Å². The summed E-state index contributed by atoms with van der Waals surface area (Å²) in [5, 5.41) is 2.59. The fourth-order valence-corrected chi connectivity index (χ4v) is 3.02. The second-order valence-electron chi connectivity index (χ2n) is 4.87. The van der Waals surface area contributed by atoms with Gasteiger partial charge in [-0.3, -0.25) is 4.79 Å². The molecule has 22 heavy (non-hydrogen) atoms. The van der Waals surface area contributed by atoms with Gasteiger partial charge in [0.1, 0.15) is 0 Å². The fourth-order valence-electron chi connectivity index (χ4n) is 1.76. The predicted molar refractivity (Wildman–Crippen MR) is 85.0 cm³/mol. The molecule has 0 spiro atoms. The smallest absolute Gasteiger partial charge is 0.240 e. The first-order valence-electron chi connectivity index (χ1n) is 6.58. The molecule has 0 bridgehead atoms. The number of rotatable bonds is 4. The summed E-state index contributed by atoms with van der Waals surface area (Å²) in [4.78, 5) is 11.8. The number of sulfone groups is 1. The minimum Gasteiger partial charge on any atom is -0.399 e. The molecule has 2 rings (SSSR count). The third-order valence-corrected chi connectivity index (χ3v) is 4.82. The van der Waals surface area contributed by atoms with Gasteiger partial charge in [0.2, 0.25) is 15.7 Å². The van der Waals surface area contributed by atoms with Crippen molar-refractivity contribution in [2.75, 3.05) is 11.1 Å². The molecule has 0 saturated heterocycles. The Bertz CT molecular complexity index is 767. The molecule has 0 heterocycles. The standard InChI is InChI=1S/C15H17N3O3S/c1-10(16)15(19)18-12-4-8-14(9-5-12)22(20,21)13-6-2-11(17)3-7-13/h2-10H,16-17H2,1H3,(H,18,19)/t10-/m0/s1. The summed E-state index contributed by atoms with van der Waals surface area (Å²) in [5.41, 5.74) is 12.0. The molecule has 0 unspecified atom stereocenters. The van der Waals surface area contributed by atoms with Crippen LogP contribution in [0.3, 0.4) is 0 Å². The molecule has 0 aliphatic heterocycles. The SMILES string of the molecule is C[C@H](N)C(=O)Nc1ccc(S(=O)(=O)c2ccc(N)cc2)cc1. The van der Waals surface area contributed by atoms with E-state index in [1.807, 2.05) is 0 Å². The van der Waals surface area contributed by atoms with Crippen molar-refractivity contribution in [3.63, 3.8) is 0 Å². The van der Waals surface area contributed by atoms with Crippen LogP contribution in [0.1, 0.15) is 6.92 Å². The second-order valence-corrected chi connectivity index (χ2v) is 6.82. The molecule has 6 nitrogen and oxygen atoms in total. The van der Waals surface area contributed by atoms with Crippen molar-refractivity contribution in [1.82, 2.24) is 0 Å². The molecular weight excluding hydrogens is 302 g/mol. The van der Waals surface area contributed by atoms with E-state index in [0.29, 0.717) is 11.4 Å². The van der Waals surface area contributed by atoms with Gasteiger partial charge in [-0.2, -0.15) is 0 Å². The molecule has 0 aliphatic rings. The average Bonchev–Trinajstić information content (AvgIpc) is 2.48. The molecule has 1 atom stereocenters. The Morgan fingerprint density at radius 3 is 1.91 bits per heavy atom. The van der Waals surface area contributed by atoms with Crippen LogP contribution in [-0.2, 0) is 14.6 Å². The van der Waals surface area contributed by atoms with Crippen molar-refractivity contribution in [2.45, 2.75) is 22.8 Å². The first-order valence-corrected chi connectivity index (χ1v) is 8.06. The van der Waals surface area contributed by atoms with Gasteiger partial charge in [0.25, 0.3) is 0 Å². The topological polar surface area (TPSA) is 115 Å². The van der Waals surface area contributed by atoms with E-state index in [2.05, 4.69) is 5.32 Å². The lowest BCUT2D eigenvalue weighted by molar-refractivity contribution is -0.117. The minimum absolute atomic E-state index is 0.135. The van der Waals surface area contributed by atoms with Crippen LogP contribution in [0.4, 0.5) is 11.4 Å². The van der Waals surface area contributed by atoms with Gasteiger partial charge >= 0.3 is 0 Å². The summed E-state index contributed by atoms with van der Waals surface area (Å²) in [6.07, 6.45) is 0. The predicted octanol–water partition coefficient (Wildman–Crippen LogP) is 1.39. The number of carbonyl (C=O) groups excluding carboxylic acids is 1. The van der Waals surface area contributed by atoms with Crippen molar-refractivity contribution in [1.29, 1.82) is 0 Å². The van der Waals surface area contributed by atoms with E-state index >= 15 is 0 Å². The van der Waals surface area contributed by atoms with E-state index in [4.69, 9.17) is 11.5 Å². The van der Waals surface area contributed by atoms with Gasteiger partial charge < -0.3 is 16.8 Å². The largest absolute Gasteiger partial charge is 0.399 e. The van der Waals surface area contributed by atoms with Crippen LogP contribution in [0, 0.1) is 0 Å². The molecule has 1 amide bonds. The normalized spacial score (nSPS) is 12.6. The highest BCUT2D eigenvalue weighted by Crippen LogP contribution is 2.23. The van der Waals surface area contributed by atoms with Gasteiger partial charge in [-0.15, -0.1) is 0 Å². The molecular formula is C15H17N3O3S. The molecule has 5 N–H and O–H groups in total. The maximum atomic E-state index is 12.4. The second kappa shape index (κ2) is 6.17. The third-order valence-electron chi connectivity index (χ3n) is 3.04. The summed E-state index contributed by atoms with van der Waals surface area (Å²) in [6.45, 7) is 1.56. The minimum atomic E-state index is -3.61. The lowest BCUT2D eigenvalue weighted by Gasteiger charge is -2.09. The fraction of sp³-hybridized carbons (Fsp3) is 0.133. The highest BCUT2D eigenvalue weighted by molar-refractivity contribution is 7.91. The Morgan fingerprint density at radius 1 is 1.00 bits per heavy atom. The number of anilines is 2. The number of hydrogen-bond acceptors (Lipinski definition) is 5. The number of nitrogens with one attached hydrogen (secondary N) is 1. The van der Waals surface area contributed by atoms with Crippen molar-refractivity contribution in [2.24, 2.45) is 5.73 Å². The maximum absolute atomic E-state index is 12.4. The van der Waals surface area contributed by atoms with Gasteiger partial charge in [0.05, 0.1) is 15.8 Å². The monoisotopic (exact) mass is 319 g/mol. The van der Waals surface area contributed by atoms with Crippen LogP contribution in [-0.4, -0.2) is 20.4 Å². The number of benzene rings is 2. The summed E-state index contributed by atoms with van der Waals surface area (Å²) in [7, 11) is -3.61. The van der Waals surface area contributed by atoms with Crippen molar-refractivity contribution in [3.05, 3.63) is 48.5 Å². The summed E-state index contributed by atoms with van der Waals surface area (Å²) < 4.78 is 24.9. The molecule has 0 saturated carbocycles. The van der Waals surface area contributed by atoms with Gasteiger partial charge in [-0.1, -0.05) is 0 Å². The lowest BCUT2D eigenvalue weighted by atomic mass is 10.3. The number of amides is 1. The molecule has 116 valence electrons. The van der Waals surface area contributed by atoms with Crippen molar-refractivity contribution in [3.8, 4) is 0 Å². The summed E-state index contributed by atoms with van der Waals surface area (Å²) >= 11 is 0. The molecule has 0 fully saturated rings.